The largest absolute Gasteiger partial charge is 0.468 e. The van der Waals surface area contributed by atoms with Gasteiger partial charge in [0.1, 0.15) is 5.41 Å². The summed E-state index contributed by atoms with van der Waals surface area (Å²) in [4.78, 5) is 41.3. The molecule has 3 rings (SSSR count). The molecule has 0 bridgehead atoms. The van der Waals surface area contributed by atoms with E-state index in [1.165, 1.54) is 7.11 Å². The fourth-order valence-corrected chi connectivity index (χ4v) is 4.82. The van der Waals surface area contributed by atoms with E-state index in [4.69, 9.17) is 15.9 Å². The average Bonchev–Trinajstić information content (AvgIpc) is 2.80. The fraction of sp³-hybridized carbons (Fsp3) is 0.519. The normalized spacial score (nSPS) is 26.7. The SMILES string of the molecule is C#CCNC(=O)C[C@H]1C[C@@]2(C(=O)OC)C(=C[C@H](C(C)(C)C)O[C@@H]2C)N(Cc2ccccc2)C1=O. The minimum Gasteiger partial charge on any atom is -0.468 e. The van der Waals surface area contributed by atoms with Gasteiger partial charge in [0.25, 0.3) is 0 Å². The molecule has 2 amide bonds. The second-order valence-corrected chi connectivity index (χ2v) is 10.1. The summed E-state index contributed by atoms with van der Waals surface area (Å²) in [5.74, 6) is 0.629. The van der Waals surface area contributed by atoms with Gasteiger partial charge in [0.05, 0.1) is 32.4 Å². The Hall–Kier alpha value is -3.11. The Morgan fingerprint density at radius 3 is 2.56 bits per heavy atom. The monoisotopic (exact) mass is 466 g/mol. The van der Waals surface area contributed by atoms with Gasteiger partial charge < -0.3 is 19.7 Å². The number of hydrogen-bond donors (Lipinski definition) is 1. The van der Waals surface area contributed by atoms with Crippen molar-refractivity contribution in [1.29, 1.82) is 0 Å². The number of likely N-dealkylation sites (tertiary alicyclic amines) is 1. The number of terminal acetylenes is 1. The van der Waals surface area contributed by atoms with Gasteiger partial charge in [0, 0.05) is 18.0 Å². The van der Waals surface area contributed by atoms with Crippen molar-refractivity contribution in [3.8, 4) is 12.3 Å². The van der Waals surface area contributed by atoms with Crippen LogP contribution in [0.4, 0.5) is 0 Å². The number of ether oxygens (including phenoxy) is 2. The summed E-state index contributed by atoms with van der Waals surface area (Å²) in [7, 11) is 1.34. The number of amides is 2. The van der Waals surface area contributed by atoms with E-state index >= 15 is 0 Å². The maximum absolute atomic E-state index is 13.8. The third-order valence-electron chi connectivity index (χ3n) is 6.69. The topological polar surface area (TPSA) is 84.9 Å². The van der Waals surface area contributed by atoms with Crippen molar-refractivity contribution in [2.75, 3.05) is 13.7 Å². The first-order valence-corrected chi connectivity index (χ1v) is 11.6. The lowest BCUT2D eigenvalue weighted by molar-refractivity contribution is -0.180. The smallest absolute Gasteiger partial charge is 0.320 e. The highest BCUT2D eigenvalue weighted by Gasteiger charge is 2.60. The number of piperidine rings is 1. The molecule has 0 saturated carbocycles. The van der Waals surface area contributed by atoms with E-state index < -0.39 is 23.4 Å². The highest BCUT2D eigenvalue weighted by Crippen LogP contribution is 2.52. The molecule has 34 heavy (non-hydrogen) atoms. The molecule has 2 aliphatic rings. The van der Waals surface area contributed by atoms with Crippen LogP contribution in [0.2, 0.25) is 0 Å². The van der Waals surface area contributed by atoms with E-state index in [9.17, 15) is 14.4 Å². The van der Waals surface area contributed by atoms with Crippen LogP contribution in [-0.4, -0.2) is 48.5 Å². The minimum atomic E-state index is -1.21. The molecule has 0 aliphatic carbocycles. The third-order valence-corrected chi connectivity index (χ3v) is 6.69. The third kappa shape index (κ3) is 4.88. The minimum absolute atomic E-state index is 0.0761. The number of carbonyl (C=O) groups is 3. The molecule has 0 radical (unpaired) electrons. The summed E-state index contributed by atoms with van der Waals surface area (Å²) >= 11 is 0. The van der Waals surface area contributed by atoms with E-state index in [2.05, 4.69) is 32.0 Å². The Morgan fingerprint density at radius 2 is 1.97 bits per heavy atom. The number of methoxy groups -OCH3 is 1. The number of benzene rings is 1. The summed E-state index contributed by atoms with van der Waals surface area (Å²) in [5.41, 5.74) is 0.0410. The zero-order valence-electron chi connectivity index (χ0n) is 20.6. The second kappa shape index (κ2) is 10.0. The molecule has 0 aromatic heterocycles. The molecule has 1 fully saturated rings. The van der Waals surface area contributed by atoms with E-state index in [0.29, 0.717) is 5.70 Å². The summed E-state index contributed by atoms with van der Waals surface area (Å²) in [6, 6.07) is 9.58. The summed E-state index contributed by atoms with van der Waals surface area (Å²) in [6.07, 6.45) is 6.32. The molecule has 2 aliphatic heterocycles. The number of esters is 1. The predicted octanol–water partition coefficient (Wildman–Crippen LogP) is 3.05. The van der Waals surface area contributed by atoms with E-state index in [1.54, 1.807) is 4.90 Å². The first kappa shape index (κ1) is 25.5. The van der Waals surface area contributed by atoms with Crippen LogP contribution in [0, 0.1) is 29.1 Å². The van der Waals surface area contributed by atoms with Crippen LogP contribution in [0.5, 0.6) is 0 Å². The Kier molecular flexibility index (Phi) is 7.52. The van der Waals surface area contributed by atoms with E-state index in [1.807, 2.05) is 43.3 Å². The van der Waals surface area contributed by atoms with Crippen LogP contribution in [0.25, 0.3) is 0 Å². The summed E-state index contributed by atoms with van der Waals surface area (Å²) in [5, 5.41) is 2.62. The average molecular weight is 467 g/mol. The van der Waals surface area contributed by atoms with Gasteiger partial charge in [-0.2, -0.15) is 0 Å². The van der Waals surface area contributed by atoms with Gasteiger partial charge in [-0.3, -0.25) is 14.4 Å². The van der Waals surface area contributed by atoms with E-state index in [-0.39, 0.29) is 49.3 Å². The first-order valence-electron chi connectivity index (χ1n) is 11.6. The van der Waals surface area contributed by atoms with Crippen molar-refractivity contribution in [2.45, 2.75) is 59.3 Å². The number of hydrogen-bond acceptors (Lipinski definition) is 5. The van der Waals surface area contributed by atoms with Gasteiger partial charge in [-0.1, -0.05) is 57.0 Å². The van der Waals surface area contributed by atoms with Gasteiger partial charge >= 0.3 is 5.97 Å². The molecule has 1 aromatic rings. The van der Waals surface area contributed by atoms with Crippen LogP contribution >= 0.6 is 0 Å². The number of fused-ring (bicyclic) bond motifs is 1. The molecule has 1 N–H and O–H groups in total. The number of nitrogens with zero attached hydrogens (tertiary/aromatic N) is 1. The lowest BCUT2D eigenvalue weighted by Gasteiger charge is -2.53. The zero-order chi connectivity index (χ0) is 25.1. The van der Waals surface area contributed by atoms with Gasteiger partial charge in [0.2, 0.25) is 11.8 Å². The highest BCUT2D eigenvalue weighted by atomic mass is 16.5. The molecule has 0 unspecified atom stereocenters. The molecule has 182 valence electrons. The Balaban J connectivity index is 2.13. The van der Waals surface area contributed by atoms with Crippen LogP contribution in [0.3, 0.4) is 0 Å². The standard InChI is InChI=1S/C27H34N2O5/c1-7-13-28-23(30)14-20-16-27(25(32)33-6)18(2)34-22(26(3,4)5)15-21(27)29(24(20)31)17-19-11-9-8-10-12-19/h1,8-12,15,18,20,22H,13-14,16-17H2,2-6H3,(H,28,30)/t18-,20+,22-,27+/m1/s1. The predicted molar refractivity (Wildman–Crippen MR) is 128 cm³/mol. The van der Waals surface area contributed by atoms with Crippen LogP contribution in [-0.2, 0) is 30.4 Å². The van der Waals surface area contributed by atoms with Crippen molar-refractivity contribution >= 4 is 17.8 Å². The molecule has 4 atom stereocenters. The maximum atomic E-state index is 13.8. The lowest BCUT2D eigenvalue weighted by Crippen LogP contribution is -2.61. The van der Waals surface area contributed by atoms with Crippen molar-refractivity contribution < 1.29 is 23.9 Å². The Morgan fingerprint density at radius 1 is 1.29 bits per heavy atom. The number of rotatable bonds is 6. The molecule has 2 heterocycles. The van der Waals surface area contributed by atoms with Gasteiger partial charge in [-0.15, -0.1) is 6.42 Å². The van der Waals surface area contributed by atoms with Gasteiger partial charge in [-0.25, -0.2) is 0 Å². The van der Waals surface area contributed by atoms with Gasteiger partial charge in [0.15, 0.2) is 0 Å². The van der Waals surface area contributed by atoms with Crippen molar-refractivity contribution in [3.63, 3.8) is 0 Å². The van der Waals surface area contributed by atoms with Crippen molar-refractivity contribution in [1.82, 2.24) is 10.2 Å². The number of carbonyl (C=O) groups excluding carboxylic acids is 3. The van der Waals surface area contributed by atoms with Crippen molar-refractivity contribution in [3.05, 3.63) is 47.7 Å². The molecule has 1 saturated heterocycles. The lowest BCUT2D eigenvalue weighted by atomic mass is 9.65. The fourth-order valence-electron chi connectivity index (χ4n) is 4.82. The highest BCUT2D eigenvalue weighted by molar-refractivity contribution is 5.92. The molecule has 0 spiro atoms. The second-order valence-electron chi connectivity index (χ2n) is 10.1. The van der Waals surface area contributed by atoms with E-state index in [0.717, 1.165) is 5.56 Å². The summed E-state index contributed by atoms with van der Waals surface area (Å²) < 4.78 is 11.6. The molecule has 7 heteroatoms. The summed E-state index contributed by atoms with van der Waals surface area (Å²) in [6.45, 7) is 8.35. The zero-order valence-corrected chi connectivity index (χ0v) is 20.6. The quantitative estimate of drug-likeness (QED) is 0.515. The maximum Gasteiger partial charge on any atom is 0.320 e. The molecule has 7 nitrogen and oxygen atoms in total. The van der Waals surface area contributed by atoms with Crippen LogP contribution in [0.15, 0.2) is 42.1 Å². The molecular formula is C27H34N2O5. The molecular weight excluding hydrogens is 432 g/mol. The first-order chi connectivity index (χ1) is 16.0. The van der Waals surface area contributed by atoms with Crippen LogP contribution < -0.4 is 5.32 Å². The number of nitrogens with one attached hydrogen (secondary N) is 1. The molecule has 1 aromatic carbocycles. The Bertz CT molecular complexity index is 1000. The Labute approximate surface area is 201 Å². The van der Waals surface area contributed by atoms with Crippen LogP contribution in [0.1, 0.15) is 46.1 Å². The van der Waals surface area contributed by atoms with Crippen molar-refractivity contribution in [2.24, 2.45) is 16.7 Å². The van der Waals surface area contributed by atoms with Gasteiger partial charge in [-0.05, 0) is 30.4 Å².